The molecule has 0 radical (unpaired) electrons. The molecule has 0 saturated heterocycles. The molecule has 6 heteroatoms. The van der Waals surface area contributed by atoms with Gasteiger partial charge in [0, 0.05) is 5.92 Å². The molecule has 4 aliphatic rings. The Hall–Kier alpha value is -0.883. The quantitative estimate of drug-likeness (QED) is 0.257. The van der Waals surface area contributed by atoms with Crippen molar-refractivity contribution in [1.82, 2.24) is 0 Å². The van der Waals surface area contributed by atoms with E-state index in [1.165, 1.54) is 50.7 Å². The minimum Gasteiger partial charge on any atom is -0.412 e. The molecular formula is C26H46N2O3Si. The molecule has 182 valence electrons. The van der Waals surface area contributed by atoms with Crippen molar-refractivity contribution in [3.05, 3.63) is 0 Å². The maximum atomic E-state index is 6.31. The molecule has 0 bridgehead atoms. The lowest BCUT2D eigenvalue weighted by molar-refractivity contribution is -0.0965. The van der Waals surface area contributed by atoms with Gasteiger partial charge in [0.05, 0.1) is 18.0 Å². The fourth-order valence-electron chi connectivity index (χ4n) is 8.42. The zero-order chi connectivity index (χ0) is 23.1. The largest absolute Gasteiger partial charge is 0.412 e. The highest BCUT2D eigenvalue weighted by molar-refractivity contribution is 6.69. The van der Waals surface area contributed by atoms with Gasteiger partial charge in [-0.05, 0) is 112 Å². The van der Waals surface area contributed by atoms with Crippen LogP contribution in [0.15, 0.2) is 10.3 Å². The van der Waals surface area contributed by atoms with E-state index in [0.29, 0.717) is 23.4 Å². The summed E-state index contributed by atoms with van der Waals surface area (Å²) in [6, 6.07) is 0. The Bertz CT molecular complexity index is 748. The SMILES string of the molecule is CON=C1CCC2(C)C(CCC3C2CCC2(C)C(C(CO[Si](C)(C)C)=NOC)CCC32)C1. The van der Waals surface area contributed by atoms with E-state index in [1.807, 2.05) is 0 Å². The molecule has 32 heavy (non-hydrogen) atoms. The summed E-state index contributed by atoms with van der Waals surface area (Å²) in [5.74, 6) is 3.82. The average molecular weight is 463 g/mol. The van der Waals surface area contributed by atoms with Crippen LogP contribution in [0.25, 0.3) is 0 Å². The van der Waals surface area contributed by atoms with E-state index < -0.39 is 8.32 Å². The Kier molecular flexibility index (Phi) is 6.86. The smallest absolute Gasteiger partial charge is 0.184 e. The highest BCUT2D eigenvalue weighted by Gasteiger charge is 2.60. The van der Waals surface area contributed by atoms with Crippen molar-refractivity contribution in [2.24, 2.45) is 50.7 Å². The number of rotatable bonds is 6. The van der Waals surface area contributed by atoms with Crippen LogP contribution in [0.5, 0.6) is 0 Å². The molecule has 4 fully saturated rings. The predicted molar refractivity (Wildman–Crippen MR) is 133 cm³/mol. The van der Waals surface area contributed by atoms with Gasteiger partial charge in [-0.25, -0.2) is 0 Å². The van der Waals surface area contributed by atoms with E-state index in [9.17, 15) is 0 Å². The van der Waals surface area contributed by atoms with E-state index in [2.05, 4.69) is 43.8 Å². The molecule has 7 unspecified atom stereocenters. The molecule has 4 aliphatic carbocycles. The van der Waals surface area contributed by atoms with E-state index in [4.69, 9.17) is 14.1 Å². The van der Waals surface area contributed by atoms with Crippen molar-refractivity contribution in [2.75, 3.05) is 20.8 Å². The normalized spacial score (nSPS) is 43.4. The van der Waals surface area contributed by atoms with Gasteiger partial charge in [0.15, 0.2) is 8.32 Å². The number of nitrogens with zero attached hydrogens (tertiary/aromatic N) is 2. The number of fused-ring (bicyclic) bond motifs is 5. The molecule has 0 aromatic rings. The minimum absolute atomic E-state index is 0.335. The summed E-state index contributed by atoms with van der Waals surface area (Å²) in [7, 11) is 1.78. The van der Waals surface area contributed by atoms with Crippen molar-refractivity contribution < 1.29 is 14.1 Å². The standard InChI is InChI=1S/C26H46N2O3Si/c1-25-14-12-19(27-29-3)16-18(25)8-9-20-21-10-11-23(26(21,2)15-13-22(20)25)24(28-30-4)17-31-32(5,6)7/h18,20-23H,8-17H2,1-7H3. The topological polar surface area (TPSA) is 52.4 Å². The molecule has 0 aliphatic heterocycles. The fraction of sp³-hybridized carbons (Fsp3) is 0.923. The highest BCUT2D eigenvalue weighted by Crippen LogP contribution is 2.67. The molecule has 0 aromatic carbocycles. The number of oxime groups is 2. The Balaban J connectivity index is 1.53. The molecule has 4 rings (SSSR count). The summed E-state index contributed by atoms with van der Waals surface area (Å²) in [6.07, 6.45) is 11.6. The van der Waals surface area contributed by atoms with Crippen molar-refractivity contribution in [1.29, 1.82) is 0 Å². The zero-order valence-electron chi connectivity index (χ0n) is 21.6. The first-order chi connectivity index (χ1) is 15.1. The average Bonchev–Trinajstić information content (AvgIpc) is 3.08. The Morgan fingerprint density at radius 1 is 0.938 bits per heavy atom. The van der Waals surface area contributed by atoms with Gasteiger partial charge in [-0.1, -0.05) is 24.2 Å². The van der Waals surface area contributed by atoms with Crippen LogP contribution in [0.4, 0.5) is 0 Å². The first-order valence-electron chi connectivity index (χ1n) is 12.9. The molecule has 0 aromatic heterocycles. The number of hydrogen-bond acceptors (Lipinski definition) is 5. The van der Waals surface area contributed by atoms with Crippen LogP contribution in [-0.4, -0.2) is 40.6 Å². The highest BCUT2D eigenvalue weighted by atomic mass is 28.4. The van der Waals surface area contributed by atoms with Gasteiger partial charge in [-0.2, -0.15) is 0 Å². The second-order valence-corrected chi connectivity index (χ2v) is 17.1. The molecule has 7 atom stereocenters. The van der Waals surface area contributed by atoms with E-state index in [1.54, 1.807) is 14.2 Å². The fourth-order valence-corrected chi connectivity index (χ4v) is 9.00. The Morgan fingerprint density at radius 2 is 1.69 bits per heavy atom. The molecule has 4 saturated carbocycles. The van der Waals surface area contributed by atoms with Crippen molar-refractivity contribution in [3.63, 3.8) is 0 Å². The maximum absolute atomic E-state index is 6.31. The van der Waals surface area contributed by atoms with Crippen LogP contribution in [0.3, 0.4) is 0 Å². The zero-order valence-corrected chi connectivity index (χ0v) is 22.6. The Morgan fingerprint density at radius 3 is 2.38 bits per heavy atom. The van der Waals surface area contributed by atoms with Gasteiger partial charge < -0.3 is 14.1 Å². The maximum Gasteiger partial charge on any atom is 0.184 e. The van der Waals surface area contributed by atoms with E-state index >= 15 is 0 Å². The predicted octanol–water partition coefficient (Wildman–Crippen LogP) is 6.50. The molecular weight excluding hydrogens is 416 g/mol. The first kappa shape index (κ1) is 24.2. The van der Waals surface area contributed by atoms with Crippen LogP contribution in [-0.2, 0) is 14.1 Å². The summed E-state index contributed by atoms with van der Waals surface area (Å²) < 4.78 is 6.31. The lowest BCUT2D eigenvalue weighted by Crippen LogP contribution is -2.54. The third kappa shape index (κ3) is 4.31. The van der Waals surface area contributed by atoms with E-state index in [-0.39, 0.29) is 0 Å². The summed E-state index contributed by atoms with van der Waals surface area (Å²) >= 11 is 0. The van der Waals surface area contributed by atoms with Crippen LogP contribution in [0, 0.1) is 40.4 Å². The van der Waals surface area contributed by atoms with Gasteiger partial charge >= 0.3 is 0 Å². The van der Waals surface area contributed by atoms with Crippen LogP contribution in [0.1, 0.15) is 71.6 Å². The van der Waals surface area contributed by atoms with Gasteiger partial charge in [0.1, 0.15) is 14.2 Å². The van der Waals surface area contributed by atoms with Crippen molar-refractivity contribution in [3.8, 4) is 0 Å². The second-order valence-electron chi connectivity index (χ2n) is 12.5. The summed E-state index contributed by atoms with van der Waals surface area (Å²) in [5, 5.41) is 8.88. The summed E-state index contributed by atoms with van der Waals surface area (Å²) in [4.78, 5) is 10.5. The van der Waals surface area contributed by atoms with Crippen LogP contribution >= 0.6 is 0 Å². The van der Waals surface area contributed by atoms with Gasteiger partial charge in [0.25, 0.3) is 0 Å². The van der Waals surface area contributed by atoms with Gasteiger partial charge in [0.2, 0.25) is 0 Å². The minimum atomic E-state index is -1.59. The van der Waals surface area contributed by atoms with E-state index in [0.717, 1.165) is 42.2 Å². The van der Waals surface area contributed by atoms with Crippen LogP contribution in [0.2, 0.25) is 19.6 Å². The molecule has 0 amide bonds. The second kappa shape index (κ2) is 9.05. The molecule has 5 nitrogen and oxygen atoms in total. The monoisotopic (exact) mass is 462 g/mol. The van der Waals surface area contributed by atoms with Crippen LogP contribution < -0.4 is 0 Å². The lowest BCUT2D eigenvalue weighted by Gasteiger charge is -2.60. The molecule has 0 heterocycles. The summed E-state index contributed by atoms with van der Waals surface area (Å²) in [6.45, 7) is 12.6. The molecule has 0 spiro atoms. The van der Waals surface area contributed by atoms with Gasteiger partial charge in [-0.3, -0.25) is 0 Å². The van der Waals surface area contributed by atoms with Crippen molar-refractivity contribution >= 4 is 19.7 Å². The Labute approximate surface area is 196 Å². The third-order valence-corrected chi connectivity index (χ3v) is 11.0. The number of hydrogen-bond donors (Lipinski definition) is 0. The summed E-state index contributed by atoms with van der Waals surface area (Å²) in [5.41, 5.74) is 3.26. The molecule has 0 N–H and O–H groups in total. The van der Waals surface area contributed by atoms with Crippen molar-refractivity contribution in [2.45, 2.75) is 91.3 Å². The lowest BCUT2D eigenvalue weighted by atomic mass is 9.44. The first-order valence-corrected chi connectivity index (χ1v) is 16.4. The van der Waals surface area contributed by atoms with Gasteiger partial charge in [-0.15, -0.1) is 0 Å². The third-order valence-electron chi connectivity index (χ3n) is 9.98.